The van der Waals surface area contributed by atoms with Gasteiger partial charge in [0.25, 0.3) is 0 Å². The van der Waals surface area contributed by atoms with Crippen molar-refractivity contribution in [2.45, 2.75) is 6.42 Å². The van der Waals surface area contributed by atoms with Crippen LogP contribution < -0.4 is 0 Å². The molecular formula is C9H5F2IN2O. The molecule has 15 heavy (non-hydrogen) atoms. The Balaban J connectivity index is 2.21. The molecule has 0 radical (unpaired) electrons. The predicted molar refractivity (Wildman–Crippen MR) is 56.2 cm³/mol. The highest BCUT2D eigenvalue weighted by atomic mass is 127. The van der Waals surface area contributed by atoms with Crippen LogP contribution in [0, 0.1) is 15.5 Å². The van der Waals surface area contributed by atoms with Crippen LogP contribution in [0.4, 0.5) is 8.78 Å². The van der Waals surface area contributed by atoms with Crippen molar-refractivity contribution in [3.63, 3.8) is 0 Å². The second kappa shape index (κ2) is 4.21. The Morgan fingerprint density at radius 2 is 2.07 bits per heavy atom. The number of nitrogens with zero attached hydrogens (tertiary/aromatic N) is 2. The van der Waals surface area contributed by atoms with Gasteiger partial charge in [0.2, 0.25) is 9.72 Å². The van der Waals surface area contributed by atoms with Crippen molar-refractivity contribution in [2.24, 2.45) is 0 Å². The fourth-order valence-corrected chi connectivity index (χ4v) is 1.50. The van der Waals surface area contributed by atoms with Crippen LogP contribution in [0.3, 0.4) is 0 Å². The van der Waals surface area contributed by atoms with E-state index in [-0.39, 0.29) is 0 Å². The number of aromatic nitrogens is 2. The largest absolute Gasteiger partial charge is 0.338 e. The van der Waals surface area contributed by atoms with E-state index in [1.807, 2.05) is 22.6 Å². The van der Waals surface area contributed by atoms with Crippen molar-refractivity contribution >= 4 is 22.6 Å². The zero-order valence-corrected chi connectivity index (χ0v) is 9.53. The van der Waals surface area contributed by atoms with Crippen LogP contribution in [-0.2, 0) is 6.42 Å². The van der Waals surface area contributed by atoms with Gasteiger partial charge >= 0.3 is 0 Å². The van der Waals surface area contributed by atoms with Crippen molar-refractivity contribution < 1.29 is 13.3 Å². The number of halogens is 3. The van der Waals surface area contributed by atoms with E-state index in [2.05, 4.69) is 10.1 Å². The molecule has 0 spiro atoms. The molecule has 0 aliphatic rings. The summed E-state index contributed by atoms with van der Waals surface area (Å²) in [5.74, 6) is -1.36. The highest BCUT2D eigenvalue weighted by Gasteiger charge is 2.07. The van der Waals surface area contributed by atoms with Crippen molar-refractivity contribution in [1.29, 1.82) is 0 Å². The van der Waals surface area contributed by atoms with E-state index in [4.69, 9.17) is 4.52 Å². The first kappa shape index (κ1) is 10.5. The highest BCUT2D eigenvalue weighted by molar-refractivity contribution is 14.1. The number of hydrogen-bond acceptors (Lipinski definition) is 3. The average molecular weight is 322 g/mol. The smallest absolute Gasteiger partial charge is 0.232 e. The third-order valence-corrected chi connectivity index (χ3v) is 2.22. The van der Waals surface area contributed by atoms with Gasteiger partial charge in [0.05, 0.1) is 6.42 Å². The first-order chi connectivity index (χ1) is 7.15. The van der Waals surface area contributed by atoms with Crippen LogP contribution >= 0.6 is 22.6 Å². The molecule has 0 aliphatic carbocycles. The maximum atomic E-state index is 12.8. The van der Waals surface area contributed by atoms with Gasteiger partial charge in [-0.1, -0.05) is 11.2 Å². The monoisotopic (exact) mass is 322 g/mol. The van der Waals surface area contributed by atoms with Gasteiger partial charge in [-0.25, -0.2) is 8.78 Å². The third-order valence-electron chi connectivity index (χ3n) is 1.78. The molecule has 1 heterocycles. The van der Waals surface area contributed by atoms with E-state index in [1.54, 1.807) is 0 Å². The van der Waals surface area contributed by atoms with Gasteiger partial charge in [-0.2, -0.15) is 4.98 Å². The van der Waals surface area contributed by atoms with Crippen LogP contribution in [0.2, 0.25) is 0 Å². The fraction of sp³-hybridized carbons (Fsp3) is 0.111. The maximum absolute atomic E-state index is 12.8. The third kappa shape index (κ3) is 2.49. The molecule has 1 aromatic heterocycles. The normalized spacial score (nSPS) is 10.6. The Morgan fingerprint density at radius 3 is 2.67 bits per heavy atom. The molecule has 0 bridgehead atoms. The number of benzene rings is 1. The topological polar surface area (TPSA) is 38.9 Å². The standard InChI is InChI=1S/C9H5F2IN2O/c10-6-2-1-5(3-7(6)11)4-8-13-9(12)14-15-8/h1-3H,4H2. The van der Waals surface area contributed by atoms with Crippen LogP contribution in [-0.4, -0.2) is 10.1 Å². The summed E-state index contributed by atoms with van der Waals surface area (Å²) < 4.78 is 30.8. The van der Waals surface area contributed by atoms with E-state index < -0.39 is 11.6 Å². The minimum Gasteiger partial charge on any atom is -0.338 e. The molecule has 0 atom stereocenters. The Hall–Kier alpha value is -1.05. The summed E-state index contributed by atoms with van der Waals surface area (Å²) >= 11 is 1.91. The molecule has 0 saturated heterocycles. The van der Waals surface area contributed by atoms with Crippen LogP contribution in [0.5, 0.6) is 0 Å². The van der Waals surface area contributed by atoms with Crippen LogP contribution in [0.15, 0.2) is 22.7 Å². The lowest BCUT2D eigenvalue weighted by atomic mass is 10.1. The van der Waals surface area contributed by atoms with Crippen molar-refractivity contribution in [3.05, 3.63) is 45.1 Å². The molecular weight excluding hydrogens is 317 g/mol. The van der Waals surface area contributed by atoms with Crippen molar-refractivity contribution in [1.82, 2.24) is 10.1 Å². The van der Waals surface area contributed by atoms with Gasteiger partial charge in [0.1, 0.15) is 0 Å². The molecule has 2 aromatic rings. The molecule has 0 unspecified atom stereocenters. The molecule has 0 amide bonds. The average Bonchev–Trinajstić information content (AvgIpc) is 2.58. The minimum absolute atomic E-state index is 0.299. The molecule has 78 valence electrons. The summed E-state index contributed by atoms with van der Waals surface area (Å²) in [4.78, 5) is 3.95. The zero-order valence-electron chi connectivity index (χ0n) is 7.38. The molecule has 1 aromatic carbocycles. The van der Waals surface area contributed by atoms with E-state index in [1.165, 1.54) is 6.07 Å². The summed E-state index contributed by atoms with van der Waals surface area (Å²) in [6.07, 6.45) is 0.299. The van der Waals surface area contributed by atoms with Gasteiger partial charge < -0.3 is 4.52 Å². The number of rotatable bonds is 2. The molecule has 2 rings (SSSR count). The molecule has 0 saturated carbocycles. The minimum atomic E-state index is -0.873. The summed E-state index contributed by atoms with van der Waals surface area (Å²) in [5.41, 5.74) is 0.592. The first-order valence-electron chi connectivity index (χ1n) is 4.07. The molecule has 3 nitrogen and oxygen atoms in total. The quantitative estimate of drug-likeness (QED) is 0.798. The predicted octanol–water partition coefficient (Wildman–Crippen LogP) is 2.54. The van der Waals surface area contributed by atoms with Gasteiger partial charge in [-0.05, 0) is 17.7 Å². The summed E-state index contributed by atoms with van der Waals surface area (Å²) in [6, 6.07) is 3.67. The van der Waals surface area contributed by atoms with E-state index in [0.29, 0.717) is 21.7 Å². The molecule has 0 fully saturated rings. The maximum Gasteiger partial charge on any atom is 0.232 e. The van der Waals surface area contributed by atoms with Gasteiger partial charge in [-0.15, -0.1) is 0 Å². The lowest BCUT2D eigenvalue weighted by molar-refractivity contribution is 0.381. The number of hydrogen-bond donors (Lipinski definition) is 0. The van der Waals surface area contributed by atoms with Gasteiger partial charge in [0, 0.05) is 22.6 Å². The Labute approximate surface area is 97.6 Å². The van der Waals surface area contributed by atoms with Gasteiger partial charge in [-0.3, -0.25) is 0 Å². The van der Waals surface area contributed by atoms with E-state index in [0.717, 1.165) is 12.1 Å². The summed E-state index contributed by atoms with van der Waals surface area (Å²) in [5, 5.41) is 3.59. The second-order valence-corrected chi connectivity index (χ2v) is 3.85. The molecule has 0 aliphatic heterocycles. The van der Waals surface area contributed by atoms with Gasteiger partial charge in [0.15, 0.2) is 11.6 Å². The Kier molecular flexibility index (Phi) is 2.94. The lowest BCUT2D eigenvalue weighted by Crippen LogP contribution is -1.91. The Morgan fingerprint density at radius 1 is 1.27 bits per heavy atom. The van der Waals surface area contributed by atoms with Crippen LogP contribution in [0.1, 0.15) is 11.5 Å². The fourth-order valence-electron chi connectivity index (χ4n) is 1.13. The molecule has 6 heteroatoms. The molecule has 0 N–H and O–H groups in total. The van der Waals surface area contributed by atoms with Crippen molar-refractivity contribution in [3.8, 4) is 0 Å². The lowest BCUT2D eigenvalue weighted by Gasteiger charge is -1.97. The first-order valence-corrected chi connectivity index (χ1v) is 5.15. The zero-order chi connectivity index (χ0) is 10.8. The van der Waals surface area contributed by atoms with E-state index >= 15 is 0 Å². The summed E-state index contributed by atoms with van der Waals surface area (Å²) in [7, 11) is 0. The summed E-state index contributed by atoms with van der Waals surface area (Å²) in [6.45, 7) is 0. The van der Waals surface area contributed by atoms with Crippen molar-refractivity contribution in [2.75, 3.05) is 0 Å². The Bertz CT molecular complexity index is 487. The SMILES string of the molecule is Fc1ccc(Cc2nc(I)no2)cc1F. The van der Waals surface area contributed by atoms with Crippen LogP contribution in [0.25, 0.3) is 0 Å². The second-order valence-electron chi connectivity index (χ2n) is 2.88. The highest BCUT2D eigenvalue weighted by Crippen LogP contribution is 2.12. The van der Waals surface area contributed by atoms with E-state index in [9.17, 15) is 8.78 Å².